The zero-order valence-corrected chi connectivity index (χ0v) is 13.3. The Morgan fingerprint density at radius 2 is 2.00 bits per heavy atom. The molecule has 0 fully saturated rings. The van der Waals surface area contributed by atoms with E-state index in [-0.39, 0.29) is 0 Å². The molecule has 0 spiro atoms. The average molecular weight is 338 g/mol. The highest BCUT2D eigenvalue weighted by molar-refractivity contribution is 9.10. The Kier molecular flexibility index (Phi) is 6.30. The van der Waals surface area contributed by atoms with Gasteiger partial charge in [-0.2, -0.15) is 0 Å². The molecule has 3 nitrogen and oxygen atoms in total. The molecule has 0 aliphatic rings. The monoisotopic (exact) mass is 337 g/mol. The Morgan fingerprint density at radius 1 is 1.15 bits per heavy atom. The molecule has 1 N–H and O–H groups in total. The molecule has 0 saturated carbocycles. The lowest BCUT2D eigenvalue weighted by atomic mass is 10.2. The van der Waals surface area contributed by atoms with E-state index < -0.39 is 0 Å². The van der Waals surface area contributed by atoms with Gasteiger partial charge in [0.25, 0.3) is 0 Å². The Balaban J connectivity index is 1.82. The maximum Gasteiger partial charge on any atom is 0.133 e. The van der Waals surface area contributed by atoms with Crippen LogP contribution in [0.4, 0.5) is 0 Å². The van der Waals surface area contributed by atoms with Gasteiger partial charge in [-0.1, -0.05) is 41.1 Å². The van der Waals surface area contributed by atoms with Crippen LogP contribution in [0.2, 0.25) is 0 Å². The average Bonchev–Trinajstić information content (AvgIpc) is 2.89. The van der Waals surface area contributed by atoms with E-state index in [1.54, 1.807) is 6.26 Å². The molecule has 0 atom stereocenters. The molecule has 1 aromatic carbocycles. The van der Waals surface area contributed by atoms with Gasteiger partial charge >= 0.3 is 0 Å². The number of furan rings is 1. The van der Waals surface area contributed by atoms with Crippen molar-refractivity contribution in [3.63, 3.8) is 0 Å². The van der Waals surface area contributed by atoms with Crippen LogP contribution in [-0.2, 0) is 24.5 Å². The number of benzene rings is 1. The Morgan fingerprint density at radius 3 is 2.80 bits per heavy atom. The lowest BCUT2D eigenvalue weighted by molar-refractivity contribution is 0.0917. The van der Waals surface area contributed by atoms with Crippen LogP contribution in [0.1, 0.15) is 30.2 Å². The standard InChI is InChI=1S/C16H20BrNO2/c1-2-8-18-10-13-7-9-20-16(13)12-19-11-14-5-3-4-6-15(14)17/h3-7,9,18H,2,8,10-12H2,1H3. The van der Waals surface area contributed by atoms with Gasteiger partial charge in [0.05, 0.1) is 12.9 Å². The van der Waals surface area contributed by atoms with Gasteiger partial charge in [0, 0.05) is 16.6 Å². The van der Waals surface area contributed by atoms with Crippen molar-refractivity contribution in [1.29, 1.82) is 0 Å². The van der Waals surface area contributed by atoms with E-state index in [9.17, 15) is 0 Å². The summed E-state index contributed by atoms with van der Waals surface area (Å²) >= 11 is 3.52. The normalized spacial score (nSPS) is 10.9. The van der Waals surface area contributed by atoms with Gasteiger partial charge in [-0.15, -0.1) is 0 Å². The minimum atomic E-state index is 0.497. The largest absolute Gasteiger partial charge is 0.467 e. The number of halogens is 1. The smallest absolute Gasteiger partial charge is 0.133 e. The van der Waals surface area contributed by atoms with Crippen LogP contribution < -0.4 is 5.32 Å². The molecule has 0 radical (unpaired) electrons. The number of hydrogen-bond acceptors (Lipinski definition) is 3. The van der Waals surface area contributed by atoms with Crippen molar-refractivity contribution in [2.45, 2.75) is 33.1 Å². The first-order chi connectivity index (χ1) is 9.81. The van der Waals surface area contributed by atoms with Crippen LogP contribution in [0.3, 0.4) is 0 Å². The summed E-state index contributed by atoms with van der Waals surface area (Å²) in [7, 11) is 0. The second kappa shape index (κ2) is 8.25. The highest BCUT2D eigenvalue weighted by Gasteiger charge is 2.07. The van der Waals surface area contributed by atoms with E-state index in [2.05, 4.69) is 34.2 Å². The fourth-order valence-corrected chi connectivity index (χ4v) is 2.32. The van der Waals surface area contributed by atoms with Gasteiger partial charge in [-0.25, -0.2) is 0 Å². The first-order valence-electron chi connectivity index (χ1n) is 6.88. The summed E-state index contributed by atoms with van der Waals surface area (Å²) in [4.78, 5) is 0. The third-order valence-corrected chi connectivity index (χ3v) is 3.80. The van der Waals surface area contributed by atoms with Crippen molar-refractivity contribution in [3.05, 3.63) is 58.0 Å². The summed E-state index contributed by atoms with van der Waals surface area (Å²) in [6.45, 7) is 5.08. The van der Waals surface area contributed by atoms with E-state index in [0.29, 0.717) is 13.2 Å². The molecule has 0 aliphatic carbocycles. The molecule has 2 aromatic rings. The minimum Gasteiger partial charge on any atom is -0.467 e. The lowest BCUT2D eigenvalue weighted by Crippen LogP contribution is -2.14. The number of ether oxygens (including phenoxy) is 1. The summed E-state index contributed by atoms with van der Waals surface area (Å²) in [5, 5.41) is 3.37. The Bertz CT molecular complexity index is 525. The van der Waals surface area contributed by atoms with Gasteiger partial charge < -0.3 is 14.5 Å². The first kappa shape index (κ1) is 15.3. The highest BCUT2D eigenvalue weighted by atomic mass is 79.9. The summed E-state index contributed by atoms with van der Waals surface area (Å²) in [6, 6.07) is 10.1. The van der Waals surface area contributed by atoms with Crippen molar-refractivity contribution in [3.8, 4) is 0 Å². The van der Waals surface area contributed by atoms with Crippen LogP contribution in [-0.4, -0.2) is 6.54 Å². The van der Waals surface area contributed by atoms with Crippen LogP contribution in [0.15, 0.2) is 45.5 Å². The second-order valence-electron chi connectivity index (χ2n) is 4.63. The second-order valence-corrected chi connectivity index (χ2v) is 5.48. The van der Waals surface area contributed by atoms with Gasteiger partial charge in [-0.3, -0.25) is 0 Å². The maximum atomic E-state index is 5.74. The molecule has 0 amide bonds. The molecule has 108 valence electrons. The number of nitrogens with one attached hydrogen (secondary N) is 1. The van der Waals surface area contributed by atoms with E-state index in [0.717, 1.165) is 35.3 Å². The molecular formula is C16H20BrNO2. The summed E-state index contributed by atoms with van der Waals surface area (Å²) in [5.41, 5.74) is 2.32. The predicted octanol–water partition coefficient (Wildman–Crippen LogP) is 4.26. The minimum absolute atomic E-state index is 0.497. The zero-order chi connectivity index (χ0) is 14.2. The van der Waals surface area contributed by atoms with Crippen molar-refractivity contribution >= 4 is 15.9 Å². The molecular weight excluding hydrogens is 318 g/mol. The Hall–Kier alpha value is -1.10. The SMILES string of the molecule is CCCNCc1ccoc1COCc1ccccc1Br. The molecule has 1 aromatic heterocycles. The highest BCUT2D eigenvalue weighted by Crippen LogP contribution is 2.18. The first-order valence-corrected chi connectivity index (χ1v) is 7.67. The van der Waals surface area contributed by atoms with Crippen LogP contribution in [0.5, 0.6) is 0 Å². The van der Waals surface area contributed by atoms with E-state index in [1.807, 2.05) is 24.3 Å². The topological polar surface area (TPSA) is 34.4 Å². The van der Waals surface area contributed by atoms with Gasteiger partial charge in [0.1, 0.15) is 12.4 Å². The third kappa shape index (κ3) is 4.47. The van der Waals surface area contributed by atoms with Crippen molar-refractivity contribution in [1.82, 2.24) is 5.32 Å². The van der Waals surface area contributed by atoms with Crippen molar-refractivity contribution in [2.75, 3.05) is 6.54 Å². The summed E-state index contributed by atoms with van der Waals surface area (Å²) in [5.74, 6) is 0.903. The lowest BCUT2D eigenvalue weighted by Gasteiger charge is -2.07. The molecule has 20 heavy (non-hydrogen) atoms. The molecule has 0 saturated heterocycles. The molecule has 0 unspecified atom stereocenters. The summed E-state index contributed by atoms with van der Waals surface area (Å²) < 4.78 is 12.3. The molecule has 0 bridgehead atoms. The van der Waals surface area contributed by atoms with Crippen molar-refractivity contribution < 1.29 is 9.15 Å². The van der Waals surface area contributed by atoms with Crippen LogP contribution in [0, 0.1) is 0 Å². The fourth-order valence-electron chi connectivity index (χ4n) is 1.92. The van der Waals surface area contributed by atoms with E-state index >= 15 is 0 Å². The molecule has 2 rings (SSSR count). The summed E-state index contributed by atoms with van der Waals surface area (Å²) in [6.07, 6.45) is 2.85. The van der Waals surface area contributed by atoms with Crippen LogP contribution in [0.25, 0.3) is 0 Å². The van der Waals surface area contributed by atoms with Gasteiger partial charge in [-0.05, 0) is 30.7 Å². The predicted molar refractivity (Wildman–Crippen MR) is 83.3 cm³/mol. The quantitative estimate of drug-likeness (QED) is 0.731. The van der Waals surface area contributed by atoms with E-state index in [1.165, 1.54) is 5.56 Å². The fraction of sp³-hybridized carbons (Fsp3) is 0.375. The number of hydrogen-bond donors (Lipinski definition) is 1. The van der Waals surface area contributed by atoms with Gasteiger partial charge in [0.15, 0.2) is 0 Å². The Labute approximate surface area is 128 Å². The van der Waals surface area contributed by atoms with Crippen LogP contribution >= 0.6 is 15.9 Å². The van der Waals surface area contributed by atoms with E-state index in [4.69, 9.17) is 9.15 Å². The molecule has 4 heteroatoms. The molecule has 1 heterocycles. The molecule has 0 aliphatic heterocycles. The maximum absolute atomic E-state index is 5.74. The van der Waals surface area contributed by atoms with Gasteiger partial charge in [0.2, 0.25) is 0 Å². The van der Waals surface area contributed by atoms with Crippen molar-refractivity contribution in [2.24, 2.45) is 0 Å². The third-order valence-electron chi connectivity index (χ3n) is 3.03. The zero-order valence-electron chi connectivity index (χ0n) is 11.7. The number of rotatable bonds is 8.